The van der Waals surface area contributed by atoms with Crippen LogP contribution in [0.5, 0.6) is 0 Å². The number of nitro benzene ring substituents is 1. The Morgan fingerprint density at radius 2 is 1.82 bits per heavy atom. The molecule has 40 heavy (non-hydrogen) atoms. The summed E-state index contributed by atoms with van der Waals surface area (Å²) in [6.07, 6.45) is 10.4. The van der Waals surface area contributed by atoms with E-state index < -0.39 is 10.8 Å². The number of nitrogens with two attached hydrogens (primary N) is 1. The minimum Gasteiger partial charge on any atom is -0.366 e. The minimum absolute atomic E-state index is 0. The van der Waals surface area contributed by atoms with E-state index in [1.807, 2.05) is 6.33 Å². The molecule has 5 rings (SSSR count). The number of fused-ring (bicyclic) bond motifs is 1. The van der Waals surface area contributed by atoms with Crippen molar-refractivity contribution in [2.24, 2.45) is 5.73 Å². The molecule has 0 bridgehead atoms. The summed E-state index contributed by atoms with van der Waals surface area (Å²) in [5.74, 6) is 0.745. The van der Waals surface area contributed by atoms with Gasteiger partial charge in [-0.3, -0.25) is 14.9 Å². The van der Waals surface area contributed by atoms with Crippen LogP contribution in [-0.2, 0) is 0 Å². The first-order valence-electron chi connectivity index (χ1n) is 13.1. The third-order valence-electron chi connectivity index (χ3n) is 7.36. The van der Waals surface area contributed by atoms with Crippen LogP contribution in [0.15, 0.2) is 24.5 Å². The zero-order chi connectivity index (χ0) is 26.6. The fraction of sp³-hybridized carbons (Fsp3) is 0.520. The Morgan fingerprint density at radius 3 is 2.50 bits per heavy atom. The molecule has 2 aromatic heterocycles. The normalized spacial score (nSPS) is 18.9. The highest BCUT2D eigenvalue weighted by atomic mass is 35.5. The van der Waals surface area contributed by atoms with E-state index in [9.17, 15) is 14.9 Å². The number of aromatic nitrogens is 4. The van der Waals surface area contributed by atoms with Crippen LogP contribution in [0.3, 0.4) is 0 Å². The number of rotatable bonds is 9. The molecule has 0 unspecified atom stereocenters. The summed E-state index contributed by atoms with van der Waals surface area (Å²) in [6, 6.07) is 4.69. The van der Waals surface area contributed by atoms with Gasteiger partial charge in [0.05, 0.1) is 21.8 Å². The second-order valence-corrected chi connectivity index (χ2v) is 10.4. The van der Waals surface area contributed by atoms with Crippen LogP contribution in [0.25, 0.3) is 11.2 Å². The third-order valence-corrected chi connectivity index (χ3v) is 7.67. The highest BCUT2D eigenvalue weighted by Crippen LogP contribution is 2.33. The predicted octanol–water partition coefficient (Wildman–Crippen LogP) is 4.87. The van der Waals surface area contributed by atoms with Gasteiger partial charge in [-0.1, -0.05) is 24.4 Å². The largest absolute Gasteiger partial charge is 0.366 e. The summed E-state index contributed by atoms with van der Waals surface area (Å²) in [5.41, 5.74) is 7.57. The van der Waals surface area contributed by atoms with Crippen LogP contribution in [0.2, 0.25) is 5.02 Å². The molecule has 0 saturated heterocycles. The van der Waals surface area contributed by atoms with Gasteiger partial charge in [0.25, 0.3) is 11.6 Å². The maximum absolute atomic E-state index is 12.6. The number of hydrogen-bond acceptors (Lipinski definition) is 9. The van der Waals surface area contributed by atoms with E-state index >= 15 is 0 Å². The van der Waals surface area contributed by atoms with Gasteiger partial charge in [-0.2, -0.15) is 9.97 Å². The molecule has 12 nitrogen and oxygen atoms in total. The second kappa shape index (κ2) is 14.1. The summed E-state index contributed by atoms with van der Waals surface area (Å²) in [6.45, 7) is 0.667. The Morgan fingerprint density at radius 1 is 1.10 bits per heavy atom. The number of amides is 1. The van der Waals surface area contributed by atoms with E-state index in [4.69, 9.17) is 27.3 Å². The number of imidazole rings is 1. The Labute approximate surface area is 249 Å². The molecule has 2 aliphatic rings. The third kappa shape index (κ3) is 7.22. The number of benzene rings is 1. The molecule has 0 atom stereocenters. The first-order chi connectivity index (χ1) is 18.4. The standard InChI is InChI=1S/C25H32ClN9O3.2ClH/c26-20-13-18(35(37)38)9-10-19(20)24(36)29-12-11-28-22-21-23(34(14-30-21)17-3-1-2-4-17)33-25(32-22)31-16-7-5-15(27)6-8-16;;/h9-10,13-17H,1-8,11-12,27H2,(H,29,36)(H2,28,31,32,33);2*1H/t15-,16-;;. The van der Waals surface area contributed by atoms with Crippen molar-refractivity contribution in [1.82, 2.24) is 24.8 Å². The Hall–Kier alpha value is -2.93. The minimum atomic E-state index is -0.555. The SMILES string of the molecule is Cl.Cl.N[C@H]1CC[C@H](Nc2nc(NCCNC(=O)c3ccc([N+](=O)[O-])cc3Cl)c3ncn(C4CCCC4)c3n2)CC1. The van der Waals surface area contributed by atoms with Gasteiger partial charge in [-0.25, -0.2) is 4.98 Å². The molecule has 0 spiro atoms. The van der Waals surface area contributed by atoms with E-state index in [2.05, 4.69) is 25.5 Å². The molecule has 15 heteroatoms. The van der Waals surface area contributed by atoms with Crippen molar-refractivity contribution in [2.75, 3.05) is 23.7 Å². The van der Waals surface area contributed by atoms with Crippen molar-refractivity contribution in [3.63, 3.8) is 0 Å². The number of hydrogen-bond donors (Lipinski definition) is 4. The average Bonchev–Trinajstić information content (AvgIpc) is 3.58. The Bertz CT molecular complexity index is 1330. The summed E-state index contributed by atoms with van der Waals surface area (Å²) in [5, 5.41) is 20.5. The number of anilines is 2. The zero-order valence-electron chi connectivity index (χ0n) is 21.8. The number of carbonyl (C=O) groups is 1. The van der Waals surface area contributed by atoms with Gasteiger partial charge in [-0.05, 0) is 44.6 Å². The summed E-state index contributed by atoms with van der Waals surface area (Å²) >= 11 is 6.08. The lowest BCUT2D eigenvalue weighted by atomic mass is 9.92. The molecule has 5 N–H and O–H groups in total. The van der Waals surface area contributed by atoms with Crippen molar-refractivity contribution in [3.8, 4) is 0 Å². The van der Waals surface area contributed by atoms with E-state index in [0.29, 0.717) is 29.9 Å². The van der Waals surface area contributed by atoms with Crippen molar-refractivity contribution in [2.45, 2.75) is 69.5 Å². The highest BCUT2D eigenvalue weighted by molar-refractivity contribution is 6.34. The lowest BCUT2D eigenvalue weighted by Crippen LogP contribution is -2.33. The maximum atomic E-state index is 12.6. The Kier molecular flexibility index (Phi) is 11.1. The quantitative estimate of drug-likeness (QED) is 0.149. The van der Waals surface area contributed by atoms with E-state index in [1.165, 1.54) is 31.0 Å². The van der Waals surface area contributed by atoms with Gasteiger partial charge < -0.3 is 26.3 Å². The van der Waals surface area contributed by atoms with Gasteiger partial charge in [0.1, 0.15) is 0 Å². The molecule has 2 heterocycles. The monoisotopic (exact) mass is 613 g/mol. The Balaban J connectivity index is 0.00000220. The number of halogens is 3. The van der Waals surface area contributed by atoms with Crippen LogP contribution in [0.4, 0.5) is 17.5 Å². The van der Waals surface area contributed by atoms with Crippen molar-refractivity contribution < 1.29 is 9.72 Å². The van der Waals surface area contributed by atoms with E-state index in [-0.39, 0.29) is 59.7 Å². The average molecular weight is 615 g/mol. The molecule has 2 saturated carbocycles. The molecular weight excluding hydrogens is 581 g/mol. The number of nitrogens with zero attached hydrogens (tertiary/aromatic N) is 5. The van der Waals surface area contributed by atoms with Gasteiger partial charge in [-0.15, -0.1) is 24.8 Å². The van der Waals surface area contributed by atoms with Crippen molar-refractivity contribution in [3.05, 3.63) is 45.2 Å². The predicted molar refractivity (Wildman–Crippen MR) is 160 cm³/mol. The fourth-order valence-corrected chi connectivity index (χ4v) is 5.51. The molecular formula is C25H34Cl3N9O3. The summed E-state index contributed by atoms with van der Waals surface area (Å²) < 4.78 is 2.16. The van der Waals surface area contributed by atoms with E-state index in [1.54, 1.807) is 0 Å². The molecule has 2 fully saturated rings. The highest BCUT2D eigenvalue weighted by Gasteiger charge is 2.24. The van der Waals surface area contributed by atoms with E-state index in [0.717, 1.165) is 44.2 Å². The second-order valence-electron chi connectivity index (χ2n) is 10.0. The summed E-state index contributed by atoms with van der Waals surface area (Å²) in [7, 11) is 0. The topological polar surface area (TPSA) is 166 Å². The van der Waals surface area contributed by atoms with Crippen LogP contribution in [-0.4, -0.2) is 55.5 Å². The molecule has 0 aliphatic heterocycles. The van der Waals surface area contributed by atoms with Gasteiger partial charge in [0.2, 0.25) is 5.95 Å². The molecule has 2 aliphatic carbocycles. The number of nitrogens with one attached hydrogen (secondary N) is 3. The molecule has 218 valence electrons. The first-order valence-corrected chi connectivity index (χ1v) is 13.5. The van der Waals surface area contributed by atoms with Gasteiger partial charge in [0, 0.05) is 43.3 Å². The lowest BCUT2D eigenvalue weighted by molar-refractivity contribution is -0.384. The van der Waals surface area contributed by atoms with Crippen LogP contribution in [0, 0.1) is 10.1 Å². The lowest BCUT2D eigenvalue weighted by Gasteiger charge is -2.27. The molecule has 1 aromatic carbocycles. The number of nitro groups is 1. The summed E-state index contributed by atoms with van der Waals surface area (Å²) in [4.78, 5) is 37.1. The van der Waals surface area contributed by atoms with Gasteiger partial charge in [0.15, 0.2) is 17.0 Å². The number of non-ortho nitro benzene ring substituents is 1. The van der Waals surface area contributed by atoms with Crippen molar-refractivity contribution >= 4 is 70.9 Å². The smallest absolute Gasteiger partial charge is 0.270 e. The molecule has 3 aromatic rings. The first kappa shape index (κ1) is 31.6. The molecule has 0 radical (unpaired) electrons. The van der Waals surface area contributed by atoms with Crippen LogP contribution < -0.4 is 21.7 Å². The number of carbonyl (C=O) groups excluding carboxylic acids is 1. The van der Waals surface area contributed by atoms with Gasteiger partial charge >= 0.3 is 0 Å². The fourth-order valence-electron chi connectivity index (χ4n) is 5.25. The zero-order valence-corrected chi connectivity index (χ0v) is 24.2. The van der Waals surface area contributed by atoms with Crippen molar-refractivity contribution in [1.29, 1.82) is 0 Å². The van der Waals surface area contributed by atoms with Crippen LogP contribution >= 0.6 is 36.4 Å². The van der Waals surface area contributed by atoms with Crippen LogP contribution in [0.1, 0.15) is 67.8 Å². The maximum Gasteiger partial charge on any atom is 0.270 e. The molecule has 1 amide bonds.